The third-order valence-corrected chi connectivity index (χ3v) is 3.36. The minimum atomic E-state index is -0.603. The second-order valence-corrected chi connectivity index (χ2v) is 5.54. The Labute approximate surface area is 153 Å². The predicted molar refractivity (Wildman–Crippen MR) is 99.2 cm³/mol. The molecule has 0 aliphatic heterocycles. The summed E-state index contributed by atoms with van der Waals surface area (Å²) in [6, 6.07) is 7.15. The number of nitrogens with zero attached hydrogens (tertiary/aromatic N) is 3. The zero-order valence-electron chi connectivity index (χ0n) is 16.0. The molecule has 1 aromatic rings. The standard InChI is InChI=1S/C18H25N3O5/c1-12(2)16(20-24-5)13(3)19-26-11-14-9-7-8-10-15(14)17(21-25-6)18(22)23-4/h7-10,12H,11H2,1-6H3/b19-13-,20-16-,21-17-. The Morgan fingerprint density at radius 3 is 2.27 bits per heavy atom. The summed E-state index contributed by atoms with van der Waals surface area (Å²) in [7, 11) is 4.12. The quantitative estimate of drug-likeness (QED) is 0.382. The number of ether oxygens (including phenoxy) is 1. The molecule has 0 spiro atoms. The van der Waals surface area contributed by atoms with E-state index >= 15 is 0 Å². The smallest absolute Gasteiger partial charge is 0.360 e. The lowest BCUT2D eigenvalue weighted by molar-refractivity contribution is -0.132. The zero-order valence-corrected chi connectivity index (χ0v) is 16.0. The molecule has 0 fully saturated rings. The number of carbonyl (C=O) groups excluding carboxylic acids is 1. The Kier molecular flexibility index (Phi) is 8.83. The van der Waals surface area contributed by atoms with Crippen molar-refractivity contribution in [3.63, 3.8) is 0 Å². The maximum atomic E-state index is 11.9. The summed E-state index contributed by atoms with van der Waals surface area (Å²) in [4.78, 5) is 27.0. The van der Waals surface area contributed by atoms with Crippen LogP contribution in [0.15, 0.2) is 39.7 Å². The molecule has 0 heterocycles. The van der Waals surface area contributed by atoms with E-state index in [1.807, 2.05) is 19.9 Å². The molecule has 0 unspecified atom stereocenters. The van der Waals surface area contributed by atoms with E-state index in [2.05, 4.69) is 15.5 Å². The monoisotopic (exact) mass is 363 g/mol. The van der Waals surface area contributed by atoms with Crippen molar-refractivity contribution in [3.05, 3.63) is 35.4 Å². The van der Waals surface area contributed by atoms with Crippen LogP contribution in [0.4, 0.5) is 0 Å². The lowest BCUT2D eigenvalue weighted by Gasteiger charge is -2.11. The van der Waals surface area contributed by atoms with Gasteiger partial charge in [-0.25, -0.2) is 4.79 Å². The van der Waals surface area contributed by atoms with Gasteiger partial charge in [-0.05, 0) is 6.92 Å². The first-order valence-electron chi connectivity index (χ1n) is 8.01. The van der Waals surface area contributed by atoms with E-state index in [0.717, 1.165) is 0 Å². The number of esters is 1. The van der Waals surface area contributed by atoms with Crippen molar-refractivity contribution < 1.29 is 24.0 Å². The van der Waals surface area contributed by atoms with Gasteiger partial charge in [0.15, 0.2) is 5.71 Å². The second kappa shape index (κ2) is 10.9. The van der Waals surface area contributed by atoms with Crippen LogP contribution < -0.4 is 0 Å². The topological polar surface area (TPSA) is 91.1 Å². The molecule has 142 valence electrons. The molecule has 0 saturated carbocycles. The third-order valence-electron chi connectivity index (χ3n) is 3.36. The molecule has 8 nitrogen and oxygen atoms in total. The normalized spacial score (nSPS) is 12.8. The van der Waals surface area contributed by atoms with Crippen LogP contribution in [0.5, 0.6) is 0 Å². The van der Waals surface area contributed by atoms with E-state index in [1.54, 1.807) is 25.1 Å². The van der Waals surface area contributed by atoms with Crippen LogP contribution in [0.25, 0.3) is 0 Å². The van der Waals surface area contributed by atoms with Gasteiger partial charge >= 0.3 is 5.97 Å². The van der Waals surface area contributed by atoms with Crippen molar-refractivity contribution in [3.8, 4) is 0 Å². The molecule has 0 aliphatic carbocycles. The van der Waals surface area contributed by atoms with E-state index < -0.39 is 5.97 Å². The van der Waals surface area contributed by atoms with Gasteiger partial charge in [0.1, 0.15) is 32.2 Å². The molecule has 0 bridgehead atoms. The maximum absolute atomic E-state index is 11.9. The van der Waals surface area contributed by atoms with Crippen molar-refractivity contribution in [1.82, 2.24) is 0 Å². The molecule has 1 aromatic carbocycles. The molecule has 26 heavy (non-hydrogen) atoms. The molecule has 0 aromatic heterocycles. The van der Waals surface area contributed by atoms with Crippen LogP contribution >= 0.6 is 0 Å². The highest BCUT2D eigenvalue weighted by Gasteiger charge is 2.19. The summed E-state index contributed by atoms with van der Waals surface area (Å²) in [5.74, 6) is -0.470. The van der Waals surface area contributed by atoms with E-state index in [9.17, 15) is 4.79 Å². The molecule has 0 amide bonds. The van der Waals surface area contributed by atoms with Crippen molar-refractivity contribution in [1.29, 1.82) is 0 Å². The number of rotatable bonds is 9. The second-order valence-electron chi connectivity index (χ2n) is 5.54. The lowest BCUT2D eigenvalue weighted by Crippen LogP contribution is -2.20. The summed E-state index contributed by atoms with van der Waals surface area (Å²) < 4.78 is 4.75. The largest absolute Gasteiger partial charge is 0.464 e. The van der Waals surface area contributed by atoms with Gasteiger partial charge in [0.05, 0.1) is 7.11 Å². The van der Waals surface area contributed by atoms with Crippen LogP contribution in [0.1, 0.15) is 31.9 Å². The average molecular weight is 363 g/mol. The van der Waals surface area contributed by atoms with E-state index in [4.69, 9.17) is 19.2 Å². The minimum Gasteiger partial charge on any atom is -0.464 e. The molecular formula is C18H25N3O5. The zero-order chi connectivity index (χ0) is 19.5. The van der Waals surface area contributed by atoms with Gasteiger partial charge in [0, 0.05) is 17.0 Å². The van der Waals surface area contributed by atoms with Crippen molar-refractivity contribution in [2.24, 2.45) is 21.4 Å². The van der Waals surface area contributed by atoms with Gasteiger partial charge in [-0.1, -0.05) is 53.6 Å². The first kappa shape index (κ1) is 21.1. The highest BCUT2D eigenvalue weighted by Crippen LogP contribution is 2.13. The Balaban J connectivity index is 3.02. The van der Waals surface area contributed by atoms with Gasteiger partial charge in [-0.3, -0.25) is 0 Å². The Hall–Kier alpha value is -2.90. The molecule has 8 heteroatoms. The minimum absolute atomic E-state index is 0.0544. The van der Waals surface area contributed by atoms with Crippen LogP contribution in [-0.2, 0) is 30.7 Å². The molecule has 0 atom stereocenters. The Morgan fingerprint density at radius 2 is 1.69 bits per heavy atom. The SMILES string of the molecule is CO/N=C(\C(=O)OC)c1ccccc1CO/N=C(C)\C(=N/OC)C(C)C. The van der Waals surface area contributed by atoms with Crippen molar-refractivity contribution in [2.75, 3.05) is 21.3 Å². The molecule has 1 rings (SSSR count). The fourth-order valence-corrected chi connectivity index (χ4v) is 2.19. The number of oxime groups is 3. The van der Waals surface area contributed by atoms with Gasteiger partial charge in [-0.15, -0.1) is 0 Å². The number of hydrogen-bond donors (Lipinski definition) is 0. The molecule has 0 radical (unpaired) electrons. The highest BCUT2D eigenvalue weighted by atomic mass is 16.6. The van der Waals surface area contributed by atoms with Crippen LogP contribution in [-0.4, -0.2) is 44.4 Å². The summed E-state index contributed by atoms with van der Waals surface area (Å²) in [6.07, 6.45) is 0. The maximum Gasteiger partial charge on any atom is 0.360 e. The van der Waals surface area contributed by atoms with E-state index in [-0.39, 0.29) is 18.2 Å². The van der Waals surface area contributed by atoms with Crippen LogP contribution in [0.2, 0.25) is 0 Å². The number of benzene rings is 1. The van der Waals surface area contributed by atoms with Gasteiger partial charge < -0.3 is 19.2 Å². The summed E-state index contributed by atoms with van der Waals surface area (Å²) in [6.45, 7) is 5.88. The fraction of sp³-hybridized carbons (Fsp3) is 0.444. The molecule has 0 N–H and O–H groups in total. The number of carbonyl (C=O) groups is 1. The number of hydrogen-bond acceptors (Lipinski definition) is 8. The van der Waals surface area contributed by atoms with Crippen LogP contribution in [0, 0.1) is 5.92 Å². The first-order valence-corrected chi connectivity index (χ1v) is 8.01. The molecule has 0 aliphatic rings. The fourth-order valence-electron chi connectivity index (χ4n) is 2.19. The number of methoxy groups -OCH3 is 1. The van der Waals surface area contributed by atoms with Crippen LogP contribution in [0.3, 0.4) is 0 Å². The van der Waals surface area contributed by atoms with E-state index in [0.29, 0.717) is 22.6 Å². The summed E-state index contributed by atoms with van der Waals surface area (Å²) >= 11 is 0. The molecule has 0 saturated heterocycles. The Morgan fingerprint density at radius 1 is 1.04 bits per heavy atom. The Bertz CT molecular complexity index is 696. The van der Waals surface area contributed by atoms with Crippen molar-refractivity contribution in [2.45, 2.75) is 27.4 Å². The van der Waals surface area contributed by atoms with E-state index in [1.165, 1.54) is 21.3 Å². The van der Waals surface area contributed by atoms with Gasteiger partial charge in [0.25, 0.3) is 0 Å². The predicted octanol–water partition coefficient (Wildman–Crippen LogP) is 2.76. The van der Waals surface area contributed by atoms with Crippen molar-refractivity contribution >= 4 is 23.1 Å². The highest BCUT2D eigenvalue weighted by molar-refractivity contribution is 6.43. The summed E-state index contributed by atoms with van der Waals surface area (Å²) in [5, 5.41) is 11.8. The van der Waals surface area contributed by atoms with Gasteiger partial charge in [-0.2, -0.15) is 0 Å². The average Bonchev–Trinajstić information content (AvgIpc) is 2.63. The van der Waals surface area contributed by atoms with Gasteiger partial charge in [0.2, 0.25) is 0 Å². The first-order chi connectivity index (χ1) is 12.5. The third kappa shape index (κ3) is 5.87. The summed E-state index contributed by atoms with van der Waals surface area (Å²) in [5.41, 5.74) is 2.61. The lowest BCUT2D eigenvalue weighted by atomic mass is 10.0. The molecular weight excluding hydrogens is 338 g/mol.